The zero-order valence-corrected chi connectivity index (χ0v) is 24.7. The average molecular weight is 580 g/mol. The molecule has 0 aliphatic carbocycles. The van der Waals surface area contributed by atoms with Crippen LogP contribution in [0, 0.1) is 6.92 Å². The normalized spacial score (nSPS) is 14.0. The van der Waals surface area contributed by atoms with Crippen molar-refractivity contribution in [1.29, 1.82) is 0 Å². The van der Waals surface area contributed by atoms with Gasteiger partial charge in [0.1, 0.15) is 25.8 Å². The summed E-state index contributed by atoms with van der Waals surface area (Å²) in [4.78, 5) is 28.8. The number of fused-ring (bicyclic) bond motifs is 1. The molecule has 0 aromatic heterocycles. The lowest BCUT2D eigenvalue weighted by molar-refractivity contribution is -0.139. The van der Waals surface area contributed by atoms with Crippen molar-refractivity contribution in [1.82, 2.24) is 10.2 Å². The Balaban J connectivity index is 1.73. The summed E-state index contributed by atoms with van der Waals surface area (Å²) in [5, 5.41) is 2.95. The summed E-state index contributed by atoms with van der Waals surface area (Å²) in [5.74, 6) is 0.0694. The highest BCUT2D eigenvalue weighted by atomic mass is 32.2. The van der Waals surface area contributed by atoms with E-state index in [2.05, 4.69) is 5.32 Å². The van der Waals surface area contributed by atoms with Crippen molar-refractivity contribution in [2.75, 3.05) is 24.1 Å². The standard InChI is InChI=1S/C31H37N3O6S/c1-5-23(3)32-31(36)24(4)33(20-25-12-10-9-11-22(25)2)30(35)21-34(41(37,38)27-13-7-6-8-14-27)26-15-16-28-29(19-26)40-18-17-39-28/h6-16,19,23-24H,5,17-18,20-21H2,1-4H3,(H,32,36). The van der Waals surface area contributed by atoms with E-state index in [0.29, 0.717) is 24.7 Å². The van der Waals surface area contributed by atoms with Crippen molar-refractivity contribution in [2.24, 2.45) is 0 Å². The number of amides is 2. The van der Waals surface area contributed by atoms with Gasteiger partial charge in [-0.2, -0.15) is 0 Å². The van der Waals surface area contributed by atoms with Crippen molar-refractivity contribution in [3.05, 3.63) is 83.9 Å². The SMILES string of the molecule is CCC(C)NC(=O)C(C)N(Cc1ccccc1C)C(=O)CN(c1ccc2c(c1)OCCO2)S(=O)(=O)c1ccccc1. The molecule has 2 unspecified atom stereocenters. The second-order valence-corrected chi connectivity index (χ2v) is 12.0. The van der Waals surface area contributed by atoms with Gasteiger partial charge in [0.2, 0.25) is 11.8 Å². The molecule has 1 N–H and O–H groups in total. The van der Waals surface area contributed by atoms with E-state index in [1.165, 1.54) is 17.0 Å². The molecule has 10 heteroatoms. The zero-order valence-electron chi connectivity index (χ0n) is 23.9. The fourth-order valence-electron chi connectivity index (χ4n) is 4.45. The fraction of sp³-hybridized carbons (Fsp3) is 0.355. The van der Waals surface area contributed by atoms with E-state index in [-0.39, 0.29) is 29.1 Å². The smallest absolute Gasteiger partial charge is 0.264 e. The molecule has 3 aromatic rings. The number of hydrogen-bond donors (Lipinski definition) is 1. The van der Waals surface area contributed by atoms with E-state index in [9.17, 15) is 18.0 Å². The van der Waals surface area contributed by atoms with Crippen LogP contribution in [0.1, 0.15) is 38.3 Å². The number of anilines is 1. The first kappa shape index (κ1) is 29.9. The lowest BCUT2D eigenvalue weighted by Gasteiger charge is -2.33. The maximum atomic E-state index is 14.1. The molecule has 2 amide bonds. The van der Waals surface area contributed by atoms with Gasteiger partial charge in [0.05, 0.1) is 10.6 Å². The molecule has 0 saturated carbocycles. The number of carbonyl (C=O) groups excluding carboxylic acids is 2. The number of sulfonamides is 1. The minimum Gasteiger partial charge on any atom is -0.486 e. The average Bonchev–Trinajstić information content (AvgIpc) is 2.99. The van der Waals surface area contributed by atoms with Crippen LogP contribution in [0.5, 0.6) is 11.5 Å². The van der Waals surface area contributed by atoms with Crippen LogP contribution in [-0.4, -0.2) is 57.0 Å². The number of benzene rings is 3. The van der Waals surface area contributed by atoms with Crippen LogP contribution in [0.15, 0.2) is 77.7 Å². The third kappa shape index (κ3) is 7.00. The summed E-state index contributed by atoms with van der Waals surface area (Å²) in [7, 11) is -4.17. The van der Waals surface area contributed by atoms with Crippen molar-refractivity contribution < 1.29 is 27.5 Å². The van der Waals surface area contributed by atoms with Gasteiger partial charge in [0.15, 0.2) is 11.5 Å². The van der Waals surface area contributed by atoms with Crippen molar-refractivity contribution >= 4 is 27.5 Å². The Morgan fingerprint density at radius 1 is 0.927 bits per heavy atom. The van der Waals surface area contributed by atoms with Crippen molar-refractivity contribution in [3.8, 4) is 11.5 Å². The first-order valence-electron chi connectivity index (χ1n) is 13.7. The number of nitrogens with zero attached hydrogens (tertiary/aromatic N) is 2. The van der Waals surface area contributed by atoms with Gasteiger partial charge in [-0.1, -0.05) is 49.4 Å². The highest BCUT2D eigenvalue weighted by molar-refractivity contribution is 7.92. The molecule has 0 radical (unpaired) electrons. The molecule has 2 atom stereocenters. The molecule has 1 aliphatic rings. The van der Waals surface area contributed by atoms with Crippen LogP contribution in [0.3, 0.4) is 0 Å². The molecule has 218 valence electrons. The number of nitrogens with one attached hydrogen (secondary N) is 1. The lowest BCUT2D eigenvalue weighted by Crippen LogP contribution is -2.52. The van der Waals surface area contributed by atoms with Gasteiger partial charge in [0.25, 0.3) is 10.0 Å². The van der Waals surface area contributed by atoms with E-state index in [1.54, 1.807) is 43.3 Å². The quantitative estimate of drug-likeness (QED) is 0.363. The van der Waals surface area contributed by atoms with Gasteiger partial charge < -0.3 is 19.7 Å². The van der Waals surface area contributed by atoms with E-state index >= 15 is 0 Å². The molecule has 1 aliphatic heterocycles. The molecule has 0 saturated heterocycles. The predicted molar refractivity (Wildman–Crippen MR) is 157 cm³/mol. The summed E-state index contributed by atoms with van der Waals surface area (Å²) in [5.41, 5.74) is 2.07. The first-order valence-corrected chi connectivity index (χ1v) is 15.2. The van der Waals surface area contributed by atoms with E-state index in [0.717, 1.165) is 21.9 Å². The number of rotatable bonds is 11. The van der Waals surface area contributed by atoms with Gasteiger partial charge in [-0.3, -0.25) is 13.9 Å². The van der Waals surface area contributed by atoms with Gasteiger partial charge in [-0.05, 0) is 62.6 Å². The molecule has 1 heterocycles. The van der Waals surface area contributed by atoms with Crippen LogP contribution in [0.25, 0.3) is 0 Å². The maximum absolute atomic E-state index is 14.1. The molecule has 4 rings (SSSR count). The van der Waals surface area contributed by atoms with Gasteiger partial charge in [-0.15, -0.1) is 0 Å². The van der Waals surface area contributed by atoms with Crippen molar-refractivity contribution in [3.63, 3.8) is 0 Å². The predicted octanol–water partition coefficient (Wildman–Crippen LogP) is 4.29. The Morgan fingerprint density at radius 3 is 2.27 bits per heavy atom. The van der Waals surface area contributed by atoms with Gasteiger partial charge in [-0.25, -0.2) is 8.42 Å². The van der Waals surface area contributed by atoms with Crippen molar-refractivity contribution in [2.45, 2.75) is 57.6 Å². The zero-order chi connectivity index (χ0) is 29.6. The van der Waals surface area contributed by atoms with E-state index in [4.69, 9.17) is 9.47 Å². The van der Waals surface area contributed by atoms with Crippen LogP contribution >= 0.6 is 0 Å². The summed E-state index contributed by atoms with van der Waals surface area (Å²) < 4.78 is 40.3. The number of ether oxygens (including phenoxy) is 2. The molecule has 0 spiro atoms. The Bertz CT molecular complexity index is 1480. The summed E-state index contributed by atoms with van der Waals surface area (Å²) >= 11 is 0. The fourth-order valence-corrected chi connectivity index (χ4v) is 5.88. The number of carbonyl (C=O) groups is 2. The lowest BCUT2D eigenvalue weighted by atomic mass is 10.1. The second-order valence-electron chi connectivity index (χ2n) is 10.1. The summed E-state index contributed by atoms with van der Waals surface area (Å²) in [6.07, 6.45) is 0.734. The summed E-state index contributed by atoms with van der Waals surface area (Å²) in [6.45, 7) is 7.79. The molecule has 0 fully saturated rings. The second kappa shape index (κ2) is 13.1. The van der Waals surface area contributed by atoms with Gasteiger partial charge >= 0.3 is 0 Å². The third-order valence-corrected chi connectivity index (χ3v) is 8.98. The first-order chi connectivity index (χ1) is 19.6. The van der Waals surface area contributed by atoms with E-state index in [1.807, 2.05) is 45.0 Å². The Morgan fingerprint density at radius 2 is 1.59 bits per heavy atom. The van der Waals surface area contributed by atoms with Crippen LogP contribution in [0.4, 0.5) is 5.69 Å². The largest absolute Gasteiger partial charge is 0.486 e. The van der Waals surface area contributed by atoms with Crippen LogP contribution in [0.2, 0.25) is 0 Å². The molecule has 0 bridgehead atoms. The monoisotopic (exact) mass is 579 g/mol. The Hall–Kier alpha value is -4.05. The van der Waals surface area contributed by atoms with Gasteiger partial charge in [0, 0.05) is 18.7 Å². The number of aryl methyl sites for hydroxylation is 1. The Kier molecular flexibility index (Phi) is 9.54. The molecular formula is C31H37N3O6S. The van der Waals surface area contributed by atoms with Crippen LogP contribution < -0.4 is 19.1 Å². The molecule has 9 nitrogen and oxygen atoms in total. The minimum absolute atomic E-state index is 0.0377. The van der Waals surface area contributed by atoms with Crippen LogP contribution in [-0.2, 0) is 26.2 Å². The highest BCUT2D eigenvalue weighted by Crippen LogP contribution is 2.36. The third-order valence-electron chi connectivity index (χ3n) is 7.19. The molecule has 41 heavy (non-hydrogen) atoms. The van der Waals surface area contributed by atoms with E-state index < -0.39 is 28.5 Å². The molecule has 3 aromatic carbocycles. The Labute approximate surface area is 242 Å². The number of hydrogen-bond acceptors (Lipinski definition) is 6. The molecular weight excluding hydrogens is 542 g/mol. The highest BCUT2D eigenvalue weighted by Gasteiger charge is 2.33. The maximum Gasteiger partial charge on any atom is 0.264 e. The summed E-state index contributed by atoms with van der Waals surface area (Å²) in [6, 6.07) is 19.4. The topological polar surface area (TPSA) is 105 Å². The minimum atomic E-state index is -4.17.